The van der Waals surface area contributed by atoms with Crippen molar-refractivity contribution in [3.63, 3.8) is 0 Å². The molecule has 2 N–H and O–H groups in total. The quantitative estimate of drug-likeness (QED) is 0.357. The molecule has 168 valence electrons. The number of aromatic amines is 1. The predicted octanol–water partition coefficient (Wildman–Crippen LogP) is 3.88. The summed E-state index contributed by atoms with van der Waals surface area (Å²) in [4.78, 5) is 34.7. The Kier molecular flexibility index (Phi) is 4.19. The third kappa shape index (κ3) is 2.60. The van der Waals surface area contributed by atoms with Gasteiger partial charge < -0.3 is 0 Å². The highest BCUT2D eigenvalue weighted by Crippen LogP contribution is 2.63. The molecule has 34 heavy (non-hydrogen) atoms. The second-order valence-electron chi connectivity index (χ2n) is 9.02. The first-order valence-electron chi connectivity index (χ1n) is 10.9. The number of nitro groups is 1. The van der Waals surface area contributed by atoms with Crippen molar-refractivity contribution < 1.29 is 9.72 Å². The molecule has 1 atom stereocenters. The molecule has 2 aromatic heterocycles. The van der Waals surface area contributed by atoms with Crippen LogP contribution in [-0.2, 0) is 10.3 Å². The molecule has 9 nitrogen and oxygen atoms in total. The number of H-pyrrole nitrogens is 1. The molecule has 7 rings (SSSR count). The lowest BCUT2D eigenvalue weighted by atomic mass is 9.49. The first kappa shape index (κ1) is 20.2. The summed E-state index contributed by atoms with van der Waals surface area (Å²) in [7, 11) is 0. The van der Waals surface area contributed by atoms with Crippen molar-refractivity contribution in [2.45, 2.75) is 24.8 Å². The summed E-state index contributed by atoms with van der Waals surface area (Å²) in [5.74, 6) is -0.0940. The summed E-state index contributed by atoms with van der Waals surface area (Å²) in [6.45, 7) is 1.80. The van der Waals surface area contributed by atoms with E-state index in [1.807, 2.05) is 54.6 Å². The van der Waals surface area contributed by atoms with Gasteiger partial charge in [-0.15, -0.1) is 0 Å². The highest BCUT2D eigenvalue weighted by molar-refractivity contribution is 5.96. The van der Waals surface area contributed by atoms with Crippen LogP contribution in [0.3, 0.4) is 0 Å². The second-order valence-corrected chi connectivity index (χ2v) is 9.02. The standard InChI is InChI=1S/C25H20N6O3/c1-24(22(32)28-23-27-21(29-30-23)15-7-6-12-26-13-15)14-25(31(33)34)18-10-4-2-8-16(18)20(24)17-9-3-5-11-19(17)25/h2-13,20H,14H2,1H3,(H2,27,28,29,30,32). The Morgan fingerprint density at radius 3 is 2.38 bits per heavy atom. The SMILES string of the molecule is CC1(C(=O)Nc2nc(-c3cccnc3)n[nH]2)CC2([N+](=O)[O-])c3ccccc3C1c1ccccc12. The summed E-state index contributed by atoms with van der Waals surface area (Å²) >= 11 is 0. The van der Waals surface area contributed by atoms with Gasteiger partial charge in [-0.1, -0.05) is 48.5 Å². The number of carbonyl (C=O) groups is 1. The fraction of sp³-hybridized carbons (Fsp3) is 0.200. The van der Waals surface area contributed by atoms with E-state index in [0.29, 0.717) is 22.5 Å². The van der Waals surface area contributed by atoms with Crippen LogP contribution >= 0.6 is 0 Å². The second kappa shape index (κ2) is 7.05. The van der Waals surface area contributed by atoms with E-state index in [9.17, 15) is 14.9 Å². The lowest BCUT2D eigenvalue weighted by molar-refractivity contribution is -0.573. The van der Waals surface area contributed by atoms with E-state index < -0.39 is 11.0 Å². The summed E-state index contributed by atoms with van der Waals surface area (Å²) < 4.78 is 0. The topological polar surface area (TPSA) is 127 Å². The van der Waals surface area contributed by atoms with Gasteiger partial charge in [0.05, 0.1) is 5.41 Å². The Hall–Kier alpha value is -4.40. The first-order valence-corrected chi connectivity index (χ1v) is 10.9. The average molecular weight is 452 g/mol. The van der Waals surface area contributed by atoms with Crippen LogP contribution in [0.4, 0.5) is 5.95 Å². The van der Waals surface area contributed by atoms with Crippen LogP contribution in [-0.4, -0.2) is 31.0 Å². The molecule has 1 unspecified atom stereocenters. The van der Waals surface area contributed by atoms with Gasteiger partial charge in [-0.05, 0) is 30.2 Å². The minimum absolute atomic E-state index is 0.0428. The molecule has 3 aliphatic rings. The molecule has 0 spiro atoms. The minimum atomic E-state index is -1.50. The lowest BCUT2D eigenvalue weighted by Gasteiger charge is -2.52. The van der Waals surface area contributed by atoms with Gasteiger partial charge in [0, 0.05) is 46.3 Å². The van der Waals surface area contributed by atoms with Gasteiger partial charge in [-0.2, -0.15) is 10.1 Å². The van der Waals surface area contributed by atoms with Gasteiger partial charge in [0.25, 0.3) is 5.54 Å². The summed E-state index contributed by atoms with van der Waals surface area (Å²) in [6, 6.07) is 18.4. The predicted molar refractivity (Wildman–Crippen MR) is 123 cm³/mol. The molecule has 3 aliphatic carbocycles. The number of nitrogens with zero attached hydrogens (tertiary/aromatic N) is 4. The number of hydrogen-bond donors (Lipinski definition) is 2. The summed E-state index contributed by atoms with van der Waals surface area (Å²) in [5, 5.41) is 22.5. The molecule has 0 fully saturated rings. The van der Waals surface area contributed by atoms with E-state index in [0.717, 1.165) is 11.1 Å². The first-order chi connectivity index (χ1) is 16.4. The molecule has 9 heteroatoms. The number of nitrogens with one attached hydrogen (secondary N) is 2. The Morgan fingerprint density at radius 1 is 1.09 bits per heavy atom. The van der Waals surface area contributed by atoms with Crippen LogP contribution in [0.5, 0.6) is 0 Å². The largest absolute Gasteiger partial charge is 0.294 e. The van der Waals surface area contributed by atoms with E-state index in [1.54, 1.807) is 25.4 Å². The van der Waals surface area contributed by atoms with Crippen LogP contribution in [0, 0.1) is 15.5 Å². The number of hydrogen-bond acceptors (Lipinski definition) is 6. The summed E-state index contributed by atoms with van der Waals surface area (Å²) in [5.41, 5.74) is 1.07. The Bertz CT molecular complexity index is 1400. The smallest absolute Gasteiger partial charge is 0.273 e. The van der Waals surface area contributed by atoms with Crippen molar-refractivity contribution >= 4 is 11.9 Å². The van der Waals surface area contributed by atoms with Crippen molar-refractivity contribution in [1.29, 1.82) is 0 Å². The normalized spacial score (nSPS) is 24.2. The molecule has 1 amide bonds. The van der Waals surface area contributed by atoms with E-state index in [1.165, 1.54) is 0 Å². The van der Waals surface area contributed by atoms with Crippen molar-refractivity contribution in [2.75, 3.05) is 5.32 Å². The minimum Gasteiger partial charge on any atom is -0.294 e. The molecule has 0 aliphatic heterocycles. The third-order valence-corrected chi connectivity index (χ3v) is 7.16. The van der Waals surface area contributed by atoms with Gasteiger partial charge >= 0.3 is 0 Å². The molecular formula is C25H20N6O3. The number of carbonyl (C=O) groups excluding carboxylic acids is 1. The highest BCUT2D eigenvalue weighted by atomic mass is 16.6. The zero-order chi connectivity index (χ0) is 23.5. The lowest BCUT2D eigenvalue weighted by Crippen LogP contribution is -2.57. The fourth-order valence-electron chi connectivity index (χ4n) is 5.74. The number of pyridine rings is 1. The van der Waals surface area contributed by atoms with Gasteiger partial charge in [0.15, 0.2) is 5.82 Å². The van der Waals surface area contributed by atoms with E-state index >= 15 is 0 Å². The van der Waals surface area contributed by atoms with Crippen LogP contribution in [0.2, 0.25) is 0 Å². The number of anilines is 1. The molecule has 0 radical (unpaired) electrons. The maximum absolute atomic E-state index is 13.8. The number of benzene rings is 2. The monoisotopic (exact) mass is 452 g/mol. The number of rotatable bonds is 4. The van der Waals surface area contributed by atoms with E-state index in [2.05, 4.69) is 25.5 Å². The van der Waals surface area contributed by atoms with Crippen LogP contribution in [0.15, 0.2) is 73.1 Å². The van der Waals surface area contributed by atoms with Crippen LogP contribution < -0.4 is 5.32 Å². The van der Waals surface area contributed by atoms with Gasteiger partial charge in [-0.3, -0.25) is 25.2 Å². The molecule has 2 aromatic carbocycles. The Balaban J connectivity index is 1.44. The van der Waals surface area contributed by atoms with Gasteiger partial charge in [0.1, 0.15) is 0 Å². The van der Waals surface area contributed by atoms with E-state index in [-0.39, 0.29) is 29.1 Å². The Labute approximate surface area is 194 Å². The highest BCUT2D eigenvalue weighted by Gasteiger charge is 2.67. The Morgan fingerprint density at radius 2 is 1.76 bits per heavy atom. The van der Waals surface area contributed by atoms with Crippen LogP contribution in [0.25, 0.3) is 11.4 Å². The summed E-state index contributed by atoms with van der Waals surface area (Å²) in [6.07, 6.45) is 3.32. The molecular weight excluding hydrogens is 432 g/mol. The van der Waals surface area contributed by atoms with Crippen molar-refractivity contribution in [1.82, 2.24) is 20.2 Å². The van der Waals surface area contributed by atoms with Crippen LogP contribution in [0.1, 0.15) is 41.5 Å². The molecule has 2 heterocycles. The molecule has 4 aromatic rings. The maximum atomic E-state index is 13.8. The zero-order valence-corrected chi connectivity index (χ0v) is 18.2. The zero-order valence-electron chi connectivity index (χ0n) is 18.2. The number of amides is 1. The molecule has 0 saturated heterocycles. The maximum Gasteiger partial charge on any atom is 0.273 e. The molecule has 2 bridgehead atoms. The van der Waals surface area contributed by atoms with Crippen molar-refractivity contribution in [3.8, 4) is 11.4 Å². The van der Waals surface area contributed by atoms with Crippen molar-refractivity contribution in [2.24, 2.45) is 5.41 Å². The number of fused-ring (bicyclic) bond motifs is 1. The molecule has 0 saturated carbocycles. The van der Waals surface area contributed by atoms with Crippen molar-refractivity contribution in [3.05, 3.63) is 105 Å². The third-order valence-electron chi connectivity index (χ3n) is 7.16. The van der Waals surface area contributed by atoms with Gasteiger partial charge in [0.2, 0.25) is 11.9 Å². The fourth-order valence-corrected chi connectivity index (χ4v) is 5.74. The number of aromatic nitrogens is 4. The van der Waals surface area contributed by atoms with E-state index in [4.69, 9.17) is 0 Å². The van der Waals surface area contributed by atoms with Gasteiger partial charge in [-0.25, -0.2) is 5.10 Å². The average Bonchev–Trinajstić information content (AvgIpc) is 3.33.